The van der Waals surface area contributed by atoms with Gasteiger partial charge in [0.05, 0.1) is 22.8 Å². The molecule has 0 fully saturated rings. The van der Waals surface area contributed by atoms with E-state index in [0.29, 0.717) is 0 Å². The Hall–Kier alpha value is -3.03. The Balaban J connectivity index is 0.00000128. The quantitative estimate of drug-likeness (QED) is 0.236. The van der Waals surface area contributed by atoms with Crippen molar-refractivity contribution in [2.24, 2.45) is 9.98 Å². The molecule has 5 rings (SSSR count). The van der Waals surface area contributed by atoms with Crippen LogP contribution >= 0.6 is 0 Å². The molecule has 0 aromatic heterocycles. The van der Waals surface area contributed by atoms with E-state index in [9.17, 15) is 0 Å². The van der Waals surface area contributed by atoms with Crippen LogP contribution in [0.3, 0.4) is 0 Å². The largest absolute Gasteiger partial charge is 0.358 e. The predicted octanol–water partition coefficient (Wildman–Crippen LogP) is 7.16. The molecule has 0 heterocycles. The number of hydrogen-bond acceptors (Lipinski definition) is 2. The molecule has 3 heteroatoms. The van der Waals surface area contributed by atoms with Crippen molar-refractivity contribution >= 4 is 33.6 Å². The standard InChI is InChI=1S/C26H20N2.CH3.Ni/c1-17-9-13-20(14-10-17)27-25-22-7-3-5-19-6-4-8-23(24(19)22)26(25)28-21-15-11-18(2)12-16-21;;/h3-16H,1-2H3;1H3;/q;-1;. The first-order valence-corrected chi connectivity index (χ1v) is 9.53. The van der Waals surface area contributed by atoms with E-state index in [0.717, 1.165) is 33.9 Å². The molecule has 152 valence electrons. The van der Waals surface area contributed by atoms with Crippen molar-refractivity contribution in [1.82, 2.24) is 0 Å². The summed E-state index contributed by atoms with van der Waals surface area (Å²) in [5, 5.41) is 2.46. The summed E-state index contributed by atoms with van der Waals surface area (Å²) >= 11 is 0. The molecular weight excluding hydrogens is 411 g/mol. The number of hydrogen-bond donors (Lipinski definition) is 0. The van der Waals surface area contributed by atoms with Crippen LogP contribution in [-0.4, -0.2) is 11.4 Å². The van der Waals surface area contributed by atoms with Gasteiger partial charge in [0.15, 0.2) is 0 Å². The van der Waals surface area contributed by atoms with Crippen molar-refractivity contribution in [3.05, 3.63) is 115 Å². The van der Waals surface area contributed by atoms with Gasteiger partial charge >= 0.3 is 0 Å². The predicted molar refractivity (Wildman–Crippen MR) is 125 cm³/mol. The Labute approximate surface area is 188 Å². The first-order chi connectivity index (χ1) is 13.7. The third-order valence-corrected chi connectivity index (χ3v) is 5.19. The summed E-state index contributed by atoms with van der Waals surface area (Å²) in [5.74, 6) is 0. The summed E-state index contributed by atoms with van der Waals surface area (Å²) in [4.78, 5) is 10.0. The molecule has 4 aromatic carbocycles. The number of aliphatic imine (C=N–C) groups is 2. The second kappa shape index (κ2) is 8.77. The van der Waals surface area contributed by atoms with E-state index in [2.05, 4.69) is 98.8 Å². The number of aryl methyl sites for hydroxylation is 2. The fourth-order valence-electron chi connectivity index (χ4n) is 3.71. The molecule has 0 radical (unpaired) electrons. The fraction of sp³-hybridized carbons (Fsp3) is 0.0741. The Bertz CT molecular complexity index is 1150. The first kappa shape index (κ1) is 21.7. The summed E-state index contributed by atoms with van der Waals surface area (Å²) in [6.07, 6.45) is 0. The van der Waals surface area contributed by atoms with E-state index in [4.69, 9.17) is 9.98 Å². The number of benzene rings is 4. The van der Waals surface area contributed by atoms with Crippen LogP contribution < -0.4 is 0 Å². The average Bonchev–Trinajstić information content (AvgIpc) is 3.01. The van der Waals surface area contributed by atoms with E-state index in [1.165, 1.54) is 21.9 Å². The molecule has 0 saturated carbocycles. The summed E-state index contributed by atoms with van der Waals surface area (Å²) in [6.45, 7) is 4.18. The van der Waals surface area contributed by atoms with Gasteiger partial charge in [-0.15, -0.1) is 0 Å². The third-order valence-electron chi connectivity index (χ3n) is 5.19. The van der Waals surface area contributed by atoms with Gasteiger partial charge in [-0.05, 0) is 43.5 Å². The molecular formula is C27H23N2Ni-. The van der Waals surface area contributed by atoms with Gasteiger partial charge in [0.25, 0.3) is 0 Å². The summed E-state index contributed by atoms with van der Waals surface area (Å²) < 4.78 is 0. The molecule has 4 aromatic rings. The van der Waals surface area contributed by atoms with E-state index in [1.807, 2.05) is 0 Å². The maximum Gasteiger partial charge on any atom is 0.0978 e. The smallest absolute Gasteiger partial charge is 0.0978 e. The van der Waals surface area contributed by atoms with E-state index < -0.39 is 0 Å². The number of nitrogens with zero attached hydrogens (tertiary/aromatic N) is 2. The molecule has 0 spiro atoms. The van der Waals surface area contributed by atoms with Crippen LogP contribution in [0.4, 0.5) is 11.4 Å². The molecule has 0 saturated heterocycles. The molecule has 0 N–H and O–H groups in total. The molecule has 0 aliphatic heterocycles. The van der Waals surface area contributed by atoms with Gasteiger partial charge in [0.2, 0.25) is 0 Å². The van der Waals surface area contributed by atoms with E-state index in [-0.39, 0.29) is 23.9 Å². The average molecular weight is 434 g/mol. The van der Waals surface area contributed by atoms with Crippen molar-refractivity contribution in [2.45, 2.75) is 13.8 Å². The van der Waals surface area contributed by atoms with Crippen molar-refractivity contribution in [3.8, 4) is 0 Å². The van der Waals surface area contributed by atoms with E-state index in [1.54, 1.807) is 0 Å². The zero-order valence-corrected chi connectivity index (χ0v) is 18.3. The second-order valence-electron chi connectivity index (χ2n) is 7.30. The van der Waals surface area contributed by atoms with Crippen LogP contribution in [0.5, 0.6) is 0 Å². The zero-order valence-electron chi connectivity index (χ0n) is 17.3. The SMILES string of the molecule is Cc1ccc(N=C2C(=Nc3ccc(C)cc3)c3cccc4cccc2c34)cc1.[CH3-].[Ni]. The Kier molecular flexibility index (Phi) is 6.34. The van der Waals surface area contributed by atoms with Gasteiger partial charge in [-0.3, -0.25) is 0 Å². The Morgan fingerprint density at radius 1 is 0.533 bits per heavy atom. The minimum Gasteiger partial charge on any atom is -0.358 e. The maximum atomic E-state index is 5.02. The van der Waals surface area contributed by atoms with Crippen molar-refractivity contribution < 1.29 is 16.5 Å². The van der Waals surface area contributed by atoms with Crippen LogP contribution in [0.2, 0.25) is 0 Å². The minimum atomic E-state index is 0. The summed E-state index contributed by atoms with van der Waals surface area (Å²) in [5.41, 5.74) is 8.54. The molecule has 0 amide bonds. The van der Waals surface area contributed by atoms with Crippen molar-refractivity contribution in [3.63, 3.8) is 0 Å². The van der Waals surface area contributed by atoms with Crippen LogP contribution in [0, 0.1) is 21.3 Å². The summed E-state index contributed by atoms with van der Waals surface area (Å²) in [6, 6.07) is 29.4. The summed E-state index contributed by atoms with van der Waals surface area (Å²) in [7, 11) is 0. The van der Waals surface area contributed by atoms with Crippen LogP contribution in [0.25, 0.3) is 10.8 Å². The van der Waals surface area contributed by atoms with E-state index >= 15 is 0 Å². The van der Waals surface area contributed by atoms with Gasteiger partial charge in [-0.1, -0.05) is 71.8 Å². The zero-order chi connectivity index (χ0) is 19.1. The molecule has 1 aliphatic rings. The van der Waals surface area contributed by atoms with Gasteiger partial charge in [-0.2, -0.15) is 0 Å². The molecule has 30 heavy (non-hydrogen) atoms. The monoisotopic (exact) mass is 433 g/mol. The van der Waals surface area contributed by atoms with Crippen molar-refractivity contribution in [1.29, 1.82) is 0 Å². The molecule has 2 nitrogen and oxygen atoms in total. The van der Waals surface area contributed by atoms with Gasteiger partial charge in [0.1, 0.15) is 0 Å². The Morgan fingerprint density at radius 2 is 0.933 bits per heavy atom. The van der Waals surface area contributed by atoms with Gasteiger partial charge in [-0.25, -0.2) is 9.98 Å². The van der Waals surface area contributed by atoms with Gasteiger partial charge in [0, 0.05) is 33.0 Å². The fourth-order valence-corrected chi connectivity index (χ4v) is 3.71. The molecule has 1 aliphatic carbocycles. The number of rotatable bonds is 2. The molecule has 0 unspecified atom stereocenters. The normalized spacial score (nSPS) is 14.6. The van der Waals surface area contributed by atoms with Crippen LogP contribution in [0.1, 0.15) is 22.3 Å². The van der Waals surface area contributed by atoms with Crippen LogP contribution in [-0.2, 0) is 16.5 Å². The topological polar surface area (TPSA) is 24.7 Å². The minimum absolute atomic E-state index is 0. The molecule has 0 bridgehead atoms. The Morgan fingerprint density at radius 3 is 1.33 bits per heavy atom. The third kappa shape index (κ3) is 3.86. The first-order valence-electron chi connectivity index (χ1n) is 9.53. The maximum absolute atomic E-state index is 5.02. The van der Waals surface area contributed by atoms with Crippen LogP contribution in [0.15, 0.2) is 94.9 Å². The molecule has 0 atom stereocenters. The van der Waals surface area contributed by atoms with Gasteiger partial charge < -0.3 is 7.43 Å². The second-order valence-corrected chi connectivity index (χ2v) is 7.30. The van der Waals surface area contributed by atoms with Crippen molar-refractivity contribution in [2.75, 3.05) is 0 Å².